The number of carbonyl (C=O) groups excluding carboxylic acids is 3. The van der Waals surface area contributed by atoms with Crippen LogP contribution >= 0.6 is 0 Å². The van der Waals surface area contributed by atoms with E-state index in [4.69, 9.17) is 4.74 Å². The van der Waals surface area contributed by atoms with Crippen LogP contribution in [-0.2, 0) is 14.3 Å². The minimum atomic E-state index is -0.586. The highest BCUT2D eigenvalue weighted by atomic mass is 16.5. The zero-order valence-corrected chi connectivity index (χ0v) is 18.0. The average Bonchev–Trinajstić information content (AvgIpc) is 2.77. The topological polar surface area (TPSA) is 75.7 Å². The Morgan fingerprint density at radius 1 is 0.967 bits per heavy atom. The van der Waals surface area contributed by atoms with Crippen molar-refractivity contribution in [1.29, 1.82) is 0 Å². The van der Waals surface area contributed by atoms with Crippen LogP contribution in [0.1, 0.15) is 80.1 Å². The number of hydrogen-bond acceptors (Lipinski definition) is 4. The number of hydrogen-bond donors (Lipinski definition) is 1. The zero-order valence-electron chi connectivity index (χ0n) is 18.0. The molecule has 6 nitrogen and oxygen atoms in total. The fourth-order valence-corrected chi connectivity index (χ4v) is 4.73. The molecule has 0 heterocycles. The molecule has 2 aliphatic rings. The molecule has 3 rings (SSSR count). The van der Waals surface area contributed by atoms with Crippen LogP contribution in [0.2, 0.25) is 0 Å². The van der Waals surface area contributed by atoms with Crippen molar-refractivity contribution in [3.05, 3.63) is 35.4 Å². The van der Waals surface area contributed by atoms with Gasteiger partial charge in [0.05, 0.1) is 0 Å². The normalized spacial score (nSPS) is 17.9. The molecular formula is C24H34N2O4. The van der Waals surface area contributed by atoms with Gasteiger partial charge in [-0.1, -0.05) is 56.2 Å². The zero-order chi connectivity index (χ0) is 21.3. The van der Waals surface area contributed by atoms with Crippen LogP contribution in [-0.4, -0.2) is 47.9 Å². The number of benzene rings is 1. The van der Waals surface area contributed by atoms with E-state index in [2.05, 4.69) is 5.32 Å². The van der Waals surface area contributed by atoms with Crippen LogP contribution in [0.3, 0.4) is 0 Å². The number of rotatable bonds is 7. The summed E-state index contributed by atoms with van der Waals surface area (Å²) in [4.78, 5) is 39.3. The molecule has 0 radical (unpaired) electrons. The monoisotopic (exact) mass is 414 g/mol. The summed E-state index contributed by atoms with van der Waals surface area (Å²) in [5.41, 5.74) is 1.47. The number of nitrogens with one attached hydrogen (secondary N) is 1. The summed E-state index contributed by atoms with van der Waals surface area (Å²) in [6, 6.07) is 7.70. The van der Waals surface area contributed by atoms with Crippen LogP contribution in [0.4, 0.5) is 0 Å². The van der Waals surface area contributed by atoms with Crippen molar-refractivity contribution in [1.82, 2.24) is 10.2 Å². The Bertz CT molecular complexity index is 718. The van der Waals surface area contributed by atoms with E-state index in [9.17, 15) is 14.4 Å². The number of aryl methyl sites for hydroxylation is 1. The summed E-state index contributed by atoms with van der Waals surface area (Å²) < 4.78 is 5.23. The number of carbonyl (C=O) groups is 3. The van der Waals surface area contributed by atoms with Gasteiger partial charge in [0.2, 0.25) is 0 Å². The van der Waals surface area contributed by atoms with Crippen LogP contribution < -0.4 is 5.32 Å². The maximum atomic E-state index is 13.0. The van der Waals surface area contributed by atoms with Gasteiger partial charge in [-0.25, -0.2) is 0 Å². The Labute approximate surface area is 179 Å². The summed E-state index contributed by atoms with van der Waals surface area (Å²) in [5, 5.41) is 2.57. The van der Waals surface area contributed by atoms with E-state index in [-0.39, 0.29) is 37.0 Å². The van der Waals surface area contributed by atoms with Gasteiger partial charge in [0.1, 0.15) is 6.54 Å². The first-order chi connectivity index (χ1) is 14.5. The van der Waals surface area contributed by atoms with E-state index in [0.717, 1.165) is 56.9 Å². The van der Waals surface area contributed by atoms with E-state index in [1.54, 1.807) is 18.2 Å². The Hall–Kier alpha value is -2.37. The molecule has 0 atom stereocenters. The van der Waals surface area contributed by atoms with Gasteiger partial charge in [-0.15, -0.1) is 0 Å². The highest BCUT2D eigenvalue weighted by molar-refractivity contribution is 5.96. The average molecular weight is 415 g/mol. The number of esters is 1. The van der Waals surface area contributed by atoms with Gasteiger partial charge >= 0.3 is 5.97 Å². The SMILES string of the molecule is Cc1cccc(C(=O)NCC(=O)OCC(=O)N(C2CCCCC2)C2CCCCC2)c1. The molecule has 1 aromatic carbocycles. The molecule has 0 aromatic heterocycles. The van der Waals surface area contributed by atoms with Gasteiger partial charge in [0, 0.05) is 17.6 Å². The summed E-state index contributed by atoms with van der Waals surface area (Å²) in [7, 11) is 0. The molecule has 0 saturated heterocycles. The molecule has 6 heteroatoms. The Morgan fingerprint density at radius 2 is 1.57 bits per heavy atom. The predicted octanol–water partition coefficient (Wildman–Crippen LogP) is 3.76. The lowest BCUT2D eigenvalue weighted by atomic mass is 9.88. The van der Waals surface area contributed by atoms with Gasteiger partial charge in [0.25, 0.3) is 11.8 Å². The molecule has 0 spiro atoms. The Kier molecular flexibility index (Phi) is 8.29. The van der Waals surface area contributed by atoms with E-state index >= 15 is 0 Å². The second-order valence-electron chi connectivity index (χ2n) is 8.60. The summed E-state index contributed by atoms with van der Waals surface area (Å²) in [6.45, 7) is 1.42. The number of nitrogens with zero attached hydrogens (tertiary/aromatic N) is 1. The minimum Gasteiger partial charge on any atom is -0.454 e. The molecule has 30 heavy (non-hydrogen) atoms. The molecule has 2 amide bonds. The van der Waals surface area contributed by atoms with Crippen LogP contribution in [0.25, 0.3) is 0 Å². The summed E-state index contributed by atoms with van der Waals surface area (Å²) in [5.74, 6) is -1.00. The molecule has 0 bridgehead atoms. The highest BCUT2D eigenvalue weighted by Gasteiger charge is 2.32. The van der Waals surface area contributed by atoms with Crippen molar-refractivity contribution in [2.45, 2.75) is 83.2 Å². The minimum absolute atomic E-state index is 0.0906. The number of ether oxygens (including phenoxy) is 1. The van der Waals surface area contributed by atoms with Crippen LogP contribution in [0.5, 0.6) is 0 Å². The molecule has 2 saturated carbocycles. The van der Waals surface area contributed by atoms with Crippen molar-refractivity contribution in [2.24, 2.45) is 0 Å². The third-order valence-electron chi connectivity index (χ3n) is 6.25. The first-order valence-corrected chi connectivity index (χ1v) is 11.4. The van der Waals surface area contributed by atoms with Gasteiger partial charge in [-0.3, -0.25) is 14.4 Å². The molecule has 2 aliphatic carbocycles. The Morgan fingerprint density at radius 3 is 2.13 bits per heavy atom. The first kappa shape index (κ1) is 22.3. The smallest absolute Gasteiger partial charge is 0.325 e. The van der Waals surface area contributed by atoms with Gasteiger partial charge < -0.3 is 15.0 Å². The third kappa shape index (κ3) is 6.31. The first-order valence-electron chi connectivity index (χ1n) is 11.4. The van der Waals surface area contributed by atoms with E-state index < -0.39 is 5.97 Å². The number of amides is 2. The van der Waals surface area contributed by atoms with Crippen molar-refractivity contribution in [3.8, 4) is 0 Å². The van der Waals surface area contributed by atoms with Crippen LogP contribution in [0, 0.1) is 6.92 Å². The lowest BCUT2D eigenvalue weighted by Gasteiger charge is -2.41. The van der Waals surface area contributed by atoms with E-state index in [1.807, 2.05) is 17.9 Å². The molecule has 164 valence electrons. The molecular weight excluding hydrogens is 380 g/mol. The molecule has 0 aliphatic heterocycles. The van der Waals surface area contributed by atoms with Gasteiger partial charge in [-0.05, 0) is 44.7 Å². The van der Waals surface area contributed by atoms with Crippen molar-refractivity contribution >= 4 is 17.8 Å². The highest BCUT2D eigenvalue weighted by Crippen LogP contribution is 2.30. The lowest BCUT2D eigenvalue weighted by Crippen LogP contribution is -2.50. The van der Waals surface area contributed by atoms with Gasteiger partial charge in [0.15, 0.2) is 6.61 Å². The molecule has 2 fully saturated rings. The molecule has 1 N–H and O–H groups in total. The quantitative estimate of drug-likeness (QED) is 0.689. The predicted molar refractivity (Wildman–Crippen MR) is 115 cm³/mol. The van der Waals surface area contributed by atoms with Crippen LogP contribution in [0.15, 0.2) is 24.3 Å². The second kappa shape index (κ2) is 11.1. The maximum Gasteiger partial charge on any atom is 0.325 e. The summed E-state index contributed by atoms with van der Waals surface area (Å²) in [6.07, 6.45) is 11.3. The van der Waals surface area contributed by atoms with E-state index in [0.29, 0.717) is 5.56 Å². The standard InChI is InChI=1S/C24H34N2O4/c1-18-9-8-10-19(15-18)24(29)25-16-23(28)30-17-22(27)26(20-11-4-2-5-12-20)21-13-6-3-7-14-21/h8-10,15,20-21H,2-7,11-14,16-17H2,1H3,(H,25,29). The van der Waals surface area contributed by atoms with E-state index in [1.165, 1.54) is 12.8 Å². The fraction of sp³-hybridized carbons (Fsp3) is 0.625. The largest absolute Gasteiger partial charge is 0.454 e. The summed E-state index contributed by atoms with van der Waals surface area (Å²) >= 11 is 0. The second-order valence-corrected chi connectivity index (χ2v) is 8.60. The van der Waals surface area contributed by atoms with Crippen molar-refractivity contribution in [3.63, 3.8) is 0 Å². The van der Waals surface area contributed by atoms with Crippen molar-refractivity contribution in [2.75, 3.05) is 13.2 Å². The van der Waals surface area contributed by atoms with Gasteiger partial charge in [-0.2, -0.15) is 0 Å². The molecule has 1 aromatic rings. The van der Waals surface area contributed by atoms with Crippen molar-refractivity contribution < 1.29 is 19.1 Å². The Balaban J connectivity index is 1.49. The third-order valence-corrected chi connectivity index (χ3v) is 6.25. The fourth-order valence-electron chi connectivity index (χ4n) is 4.73. The maximum absolute atomic E-state index is 13.0. The lowest BCUT2D eigenvalue weighted by molar-refractivity contribution is -0.154. The molecule has 0 unspecified atom stereocenters.